The molecule has 7 heteroatoms. The number of piperidine rings is 1. The molecule has 0 aliphatic carbocycles. The molecular formula is C12H22N4OS2. The van der Waals surface area contributed by atoms with Crippen molar-refractivity contribution in [1.29, 1.82) is 0 Å². The second kappa shape index (κ2) is 6.28. The molecule has 0 spiro atoms. The van der Waals surface area contributed by atoms with Crippen molar-refractivity contribution in [3.8, 4) is 0 Å². The molecule has 2 amide bonds. The molecule has 108 valence electrons. The number of hydrogen-bond acceptors (Lipinski definition) is 4. The summed E-state index contributed by atoms with van der Waals surface area (Å²) in [5.41, 5.74) is 5.88. The number of thiocarbonyl (C=S) groups is 1. The fraction of sp³-hybridized carbons (Fsp3) is 0.833. The summed E-state index contributed by atoms with van der Waals surface area (Å²) in [7, 11) is 0. The second-order valence-electron chi connectivity index (χ2n) is 5.12. The molecule has 0 saturated carbocycles. The van der Waals surface area contributed by atoms with E-state index in [4.69, 9.17) is 18.0 Å². The zero-order valence-electron chi connectivity index (χ0n) is 11.4. The number of nitrogens with two attached hydrogens (primary N) is 1. The molecule has 0 bridgehead atoms. The Morgan fingerprint density at radius 2 is 2.11 bits per heavy atom. The van der Waals surface area contributed by atoms with E-state index in [9.17, 15) is 4.79 Å². The zero-order valence-corrected chi connectivity index (χ0v) is 13.0. The largest absolute Gasteiger partial charge is 0.392 e. The van der Waals surface area contributed by atoms with E-state index in [1.165, 1.54) is 0 Å². The van der Waals surface area contributed by atoms with Crippen molar-refractivity contribution in [3.05, 3.63) is 0 Å². The molecule has 2 rings (SSSR count). The van der Waals surface area contributed by atoms with Gasteiger partial charge in [-0.2, -0.15) is 11.8 Å². The third-order valence-corrected chi connectivity index (χ3v) is 6.06. The molecule has 0 unspecified atom stereocenters. The third-order valence-electron chi connectivity index (χ3n) is 4.13. The van der Waals surface area contributed by atoms with Gasteiger partial charge in [0.05, 0.1) is 9.74 Å². The molecule has 3 N–H and O–H groups in total. The molecule has 0 atom stereocenters. The Morgan fingerprint density at radius 3 is 2.58 bits per heavy atom. The lowest BCUT2D eigenvalue weighted by Crippen LogP contribution is -2.50. The number of rotatable bonds is 5. The monoisotopic (exact) mass is 302 g/mol. The van der Waals surface area contributed by atoms with Crippen LogP contribution >= 0.6 is 24.0 Å². The van der Waals surface area contributed by atoms with E-state index in [2.05, 4.69) is 16.5 Å². The average molecular weight is 302 g/mol. The molecule has 2 saturated heterocycles. The minimum Gasteiger partial charge on any atom is -0.392 e. The minimum absolute atomic E-state index is 0.0170. The van der Waals surface area contributed by atoms with Crippen LogP contribution in [0.4, 0.5) is 4.79 Å². The maximum absolute atomic E-state index is 11.4. The fourth-order valence-corrected chi connectivity index (χ4v) is 3.92. The number of thioether (sulfide) groups is 1. The van der Waals surface area contributed by atoms with Gasteiger partial charge < -0.3 is 20.9 Å². The number of carbonyl (C=O) groups is 1. The lowest BCUT2D eigenvalue weighted by Gasteiger charge is -2.40. The van der Waals surface area contributed by atoms with Crippen LogP contribution in [0.1, 0.15) is 12.8 Å². The Bertz CT molecular complexity index is 353. The first-order valence-electron chi connectivity index (χ1n) is 6.67. The Hall–Kier alpha value is -0.530. The van der Waals surface area contributed by atoms with E-state index >= 15 is 0 Å². The summed E-state index contributed by atoms with van der Waals surface area (Å²) in [6.45, 7) is 5.37. The van der Waals surface area contributed by atoms with Crippen LogP contribution in [-0.2, 0) is 0 Å². The van der Waals surface area contributed by atoms with E-state index < -0.39 is 0 Å². The smallest absolute Gasteiger partial charge is 0.317 e. The number of nitrogens with one attached hydrogen (secondary N) is 1. The predicted molar refractivity (Wildman–Crippen MR) is 83.7 cm³/mol. The van der Waals surface area contributed by atoms with Crippen molar-refractivity contribution in [3.63, 3.8) is 0 Å². The van der Waals surface area contributed by atoms with Crippen molar-refractivity contribution in [2.75, 3.05) is 45.5 Å². The van der Waals surface area contributed by atoms with Gasteiger partial charge in [0, 0.05) is 26.2 Å². The maximum Gasteiger partial charge on any atom is 0.317 e. The molecule has 2 heterocycles. The van der Waals surface area contributed by atoms with Gasteiger partial charge in [0.2, 0.25) is 0 Å². The summed E-state index contributed by atoms with van der Waals surface area (Å²) >= 11 is 6.99. The van der Waals surface area contributed by atoms with E-state index in [1.807, 2.05) is 4.90 Å². The first-order valence-corrected chi connectivity index (χ1v) is 8.31. The number of hydrogen-bond donors (Lipinski definition) is 2. The number of likely N-dealkylation sites (tertiary alicyclic amines) is 1. The quantitative estimate of drug-likeness (QED) is 0.724. The van der Waals surface area contributed by atoms with Gasteiger partial charge in [-0.25, -0.2) is 4.79 Å². The lowest BCUT2D eigenvalue weighted by atomic mass is 9.95. The maximum atomic E-state index is 11.4. The van der Waals surface area contributed by atoms with Gasteiger partial charge >= 0.3 is 6.03 Å². The highest BCUT2D eigenvalue weighted by Crippen LogP contribution is 2.34. The van der Waals surface area contributed by atoms with Crippen LogP contribution in [-0.4, -0.2) is 71.1 Å². The van der Waals surface area contributed by atoms with E-state index in [-0.39, 0.29) is 10.8 Å². The van der Waals surface area contributed by atoms with Crippen LogP contribution in [0, 0.1) is 0 Å². The Labute approximate surface area is 124 Å². The predicted octanol–water partition coefficient (Wildman–Crippen LogP) is 0.495. The van der Waals surface area contributed by atoms with Gasteiger partial charge in [-0.1, -0.05) is 12.2 Å². The van der Waals surface area contributed by atoms with Crippen molar-refractivity contribution < 1.29 is 4.79 Å². The summed E-state index contributed by atoms with van der Waals surface area (Å²) in [4.78, 5) is 16.4. The molecule has 0 aromatic rings. The SMILES string of the molecule is CSC1(C(N)=S)CCN(CCN2CCNC2=O)CC1. The summed E-state index contributed by atoms with van der Waals surface area (Å²) in [5, 5.41) is 2.83. The summed E-state index contributed by atoms with van der Waals surface area (Å²) < 4.78 is -0.0170. The van der Waals surface area contributed by atoms with Crippen LogP contribution < -0.4 is 11.1 Å². The first-order chi connectivity index (χ1) is 9.07. The molecule has 0 radical (unpaired) electrons. The van der Waals surface area contributed by atoms with Crippen LogP contribution in [0.3, 0.4) is 0 Å². The second-order valence-corrected chi connectivity index (χ2v) is 6.75. The highest BCUT2D eigenvalue weighted by atomic mass is 32.2. The molecule has 0 aromatic heterocycles. The fourth-order valence-electron chi connectivity index (χ4n) is 2.68. The average Bonchev–Trinajstić information content (AvgIpc) is 2.82. The van der Waals surface area contributed by atoms with Crippen LogP contribution in [0.2, 0.25) is 0 Å². The van der Waals surface area contributed by atoms with Crippen molar-refractivity contribution in [1.82, 2.24) is 15.1 Å². The van der Waals surface area contributed by atoms with Gasteiger partial charge in [-0.3, -0.25) is 0 Å². The third kappa shape index (κ3) is 3.32. The van der Waals surface area contributed by atoms with Crippen molar-refractivity contribution in [2.45, 2.75) is 17.6 Å². The molecule has 5 nitrogen and oxygen atoms in total. The van der Waals surface area contributed by atoms with Crippen molar-refractivity contribution >= 4 is 35.0 Å². The Balaban J connectivity index is 1.77. The van der Waals surface area contributed by atoms with Crippen molar-refractivity contribution in [2.24, 2.45) is 5.73 Å². The summed E-state index contributed by atoms with van der Waals surface area (Å²) in [6.07, 6.45) is 4.11. The van der Waals surface area contributed by atoms with E-state index in [1.54, 1.807) is 11.8 Å². The molecule has 19 heavy (non-hydrogen) atoms. The normalized spacial score (nSPS) is 23.4. The zero-order chi connectivity index (χ0) is 13.9. The highest BCUT2D eigenvalue weighted by Gasteiger charge is 2.36. The molecule has 0 aromatic carbocycles. The summed E-state index contributed by atoms with van der Waals surface area (Å²) in [6, 6.07) is 0.0682. The topological polar surface area (TPSA) is 61.6 Å². The number of carbonyl (C=O) groups excluding carboxylic acids is 1. The van der Waals surface area contributed by atoms with Gasteiger partial charge in [-0.15, -0.1) is 0 Å². The van der Waals surface area contributed by atoms with Gasteiger partial charge in [0.15, 0.2) is 0 Å². The van der Waals surface area contributed by atoms with Gasteiger partial charge in [0.25, 0.3) is 0 Å². The minimum atomic E-state index is -0.0170. The van der Waals surface area contributed by atoms with Crippen LogP contribution in [0.5, 0.6) is 0 Å². The lowest BCUT2D eigenvalue weighted by molar-refractivity contribution is 0.184. The molecule has 2 fully saturated rings. The standard InChI is InChI=1S/C12H22N4OS2/c1-19-12(10(13)18)2-5-15(6-3-12)8-9-16-7-4-14-11(16)17/h2-9H2,1H3,(H2,13,18)(H,14,17). The first kappa shape index (κ1) is 14.9. The van der Waals surface area contributed by atoms with Gasteiger partial charge in [0.1, 0.15) is 0 Å². The Morgan fingerprint density at radius 1 is 1.42 bits per heavy atom. The molecule has 2 aliphatic heterocycles. The number of urea groups is 1. The van der Waals surface area contributed by atoms with Crippen LogP contribution in [0.15, 0.2) is 0 Å². The summed E-state index contributed by atoms with van der Waals surface area (Å²) in [5.74, 6) is 0. The van der Waals surface area contributed by atoms with Gasteiger partial charge in [-0.05, 0) is 32.2 Å². The Kier molecular flexibility index (Phi) is 4.92. The number of nitrogens with zero attached hydrogens (tertiary/aromatic N) is 2. The molecule has 2 aliphatic rings. The molecular weight excluding hydrogens is 280 g/mol. The van der Waals surface area contributed by atoms with E-state index in [0.29, 0.717) is 4.99 Å². The van der Waals surface area contributed by atoms with Crippen LogP contribution in [0.25, 0.3) is 0 Å². The number of amides is 2. The highest BCUT2D eigenvalue weighted by molar-refractivity contribution is 8.02. The van der Waals surface area contributed by atoms with E-state index in [0.717, 1.165) is 52.1 Å².